The fraction of sp³-hybridized carbons (Fsp3) is 0.154. The van der Waals surface area contributed by atoms with Crippen LogP contribution in [-0.2, 0) is 9.84 Å². The number of pyridine rings is 1. The van der Waals surface area contributed by atoms with Gasteiger partial charge >= 0.3 is 0 Å². The van der Waals surface area contributed by atoms with E-state index in [0.717, 1.165) is 5.56 Å². The number of hydrogen-bond acceptors (Lipinski definition) is 4. The molecule has 0 N–H and O–H groups in total. The van der Waals surface area contributed by atoms with Gasteiger partial charge in [-0.1, -0.05) is 12.1 Å². The van der Waals surface area contributed by atoms with Gasteiger partial charge < -0.3 is 4.74 Å². The summed E-state index contributed by atoms with van der Waals surface area (Å²) in [7, 11) is -1.59. The molecule has 2 aromatic rings. The fourth-order valence-corrected chi connectivity index (χ4v) is 2.26. The lowest BCUT2D eigenvalue weighted by Gasteiger charge is -2.07. The highest BCUT2D eigenvalue weighted by molar-refractivity contribution is 7.90. The van der Waals surface area contributed by atoms with E-state index in [-0.39, 0.29) is 0 Å². The van der Waals surface area contributed by atoms with E-state index in [0.29, 0.717) is 16.3 Å². The van der Waals surface area contributed by atoms with Crippen molar-refractivity contribution in [2.75, 3.05) is 13.4 Å². The van der Waals surface area contributed by atoms with Gasteiger partial charge in [-0.25, -0.2) is 8.42 Å². The van der Waals surface area contributed by atoms with Crippen LogP contribution in [0.25, 0.3) is 11.3 Å². The maximum Gasteiger partial charge on any atom is 0.175 e. The van der Waals surface area contributed by atoms with Gasteiger partial charge in [-0.3, -0.25) is 4.98 Å². The maximum atomic E-state index is 11.4. The molecule has 0 aliphatic heterocycles. The highest BCUT2D eigenvalue weighted by atomic mass is 32.2. The second kappa shape index (κ2) is 4.78. The molecule has 0 aliphatic rings. The minimum Gasteiger partial charge on any atom is -0.494 e. The Morgan fingerprint density at radius 2 is 1.78 bits per heavy atom. The third-order valence-corrected chi connectivity index (χ3v) is 3.67. The molecule has 0 fully saturated rings. The minimum atomic E-state index is -3.17. The molecule has 4 nitrogen and oxygen atoms in total. The Bertz CT molecular complexity index is 648. The number of benzene rings is 1. The Morgan fingerprint density at radius 3 is 2.33 bits per heavy atom. The molecule has 0 unspecified atom stereocenters. The van der Waals surface area contributed by atoms with Crippen molar-refractivity contribution >= 4 is 9.84 Å². The maximum absolute atomic E-state index is 11.4. The van der Waals surface area contributed by atoms with Crippen molar-refractivity contribution in [3.05, 3.63) is 42.6 Å². The zero-order valence-corrected chi connectivity index (χ0v) is 10.9. The van der Waals surface area contributed by atoms with Crippen LogP contribution in [0.15, 0.2) is 47.5 Å². The van der Waals surface area contributed by atoms with E-state index in [1.807, 2.05) is 6.07 Å². The summed E-state index contributed by atoms with van der Waals surface area (Å²) in [6.45, 7) is 0. The van der Waals surface area contributed by atoms with Crippen molar-refractivity contribution in [1.82, 2.24) is 4.98 Å². The van der Waals surface area contributed by atoms with Crippen molar-refractivity contribution in [3.8, 4) is 17.0 Å². The molecule has 0 radical (unpaired) electrons. The molecular formula is C13H13NO3S. The van der Waals surface area contributed by atoms with Gasteiger partial charge in [0.15, 0.2) is 9.84 Å². The molecule has 0 atom stereocenters. The van der Waals surface area contributed by atoms with Crippen molar-refractivity contribution in [1.29, 1.82) is 0 Å². The summed E-state index contributed by atoms with van der Waals surface area (Å²) >= 11 is 0. The molecule has 0 amide bonds. The molecule has 5 heteroatoms. The zero-order valence-electron chi connectivity index (χ0n) is 10.1. The van der Waals surface area contributed by atoms with E-state index < -0.39 is 9.84 Å². The van der Waals surface area contributed by atoms with E-state index in [1.165, 1.54) is 6.26 Å². The lowest BCUT2D eigenvalue weighted by Crippen LogP contribution is -1.97. The summed E-state index contributed by atoms with van der Waals surface area (Å²) in [5.41, 5.74) is 1.51. The first kappa shape index (κ1) is 12.6. The largest absolute Gasteiger partial charge is 0.494 e. The van der Waals surface area contributed by atoms with Crippen molar-refractivity contribution in [3.63, 3.8) is 0 Å². The van der Waals surface area contributed by atoms with Crippen LogP contribution in [0, 0.1) is 0 Å². The molecule has 1 aromatic heterocycles. The normalized spacial score (nSPS) is 11.2. The first-order valence-electron chi connectivity index (χ1n) is 5.32. The average molecular weight is 263 g/mol. The molecule has 0 saturated carbocycles. The first-order valence-corrected chi connectivity index (χ1v) is 7.21. The van der Waals surface area contributed by atoms with Crippen LogP contribution in [0.4, 0.5) is 0 Å². The van der Waals surface area contributed by atoms with Crippen LogP contribution >= 0.6 is 0 Å². The van der Waals surface area contributed by atoms with Crippen molar-refractivity contribution in [2.24, 2.45) is 0 Å². The number of sulfone groups is 1. The van der Waals surface area contributed by atoms with Crippen molar-refractivity contribution in [2.45, 2.75) is 4.90 Å². The lowest BCUT2D eigenvalue weighted by molar-refractivity contribution is 0.415. The van der Waals surface area contributed by atoms with E-state index in [2.05, 4.69) is 4.98 Å². The van der Waals surface area contributed by atoms with Crippen molar-refractivity contribution < 1.29 is 13.2 Å². The van der Waals surface area contributed by atoms with Crippen LogP contribution in [0.1, 0.15) is 0 Å². The summed E-state index contributed by atoms with van der Waals surface area (Å²) in [4.78, 5) is 4.53. The Labute approximate surface area is 106 Å². The van der Waals surface area contributed by atoms with Gasteiger partial charge in [-0.05, 0) is 24.3 Å². The molecule has 18 heavy (non-hydrogen) atoms. The molecule has 1 heterocycles. The van der Waals surface area contributed by atoms with E-state index in [1.54, 1.807) is 43.6 Å². The van der Waals surface area contributed by atoms with Crippen LogP contribution in [0.5, 0.6) is 5.75 Å². The van der Waals surface area contributed by atoms with Crippen LogP contribution in [0.2, 0.25) is 0 Å². The second-order valence-corrected chi connectivity index (χ2v) is 5.87. The topological polar surface area (TPSA) is 56.3 Å². The predicted octanol–water partition coefficient (Wildman–Crippen LogP) is 2.16. The molecule has 0 aliphatic carbocycles. The van der Waals surface area contributed by atoms with Crippen LogP contribution < -0.4 is 4.74 Å². The van der Waals surface area contributed by atoms with E-state index in [9.17, 15) is 8.42 Å². The van der Waals surface area contributed by atoms with Gasteiger partial charge in [-0.2, -0.15) is 0 Å². The second-order valence-electron chi connectivity index (χ2n) is 3.85. The number of ether oxygens (including phenoxy) is 1. The number of methoxy groups -OCH3 is 1. The third-order valence-electron chi connectivity index (χ3n) is 2.55. The summed E-state index contributed by atoms with van der Waals surface area (Å²) in [5.74, 6) is 0.657. The van der Waals surface area contributed by atoms with Gasteiger partial charge in [0.25, 0.3) is 0 Å². The minimum absolute atomic E-state index is 0.293. The Hall–Kier alpha value is -1.88. The third kappa shape index (κ3) is 2.51. The number of rotatable bonds is 3. The summed E-state index contributed by atoms with van der Waals surface area (Å²) < 4.78 is 27.9. The van der Waals surface area contributed by atoms with Crippen LogP contribution in [-0.4, -0.2) is 26.8 Å². The highest BCUT2D eigenvalue weighted by Crippen LogP contribution is 2.27. The highest BCUT2D eigenvalue weighted by Gasteiger charge is 2.09. The lowest BCUT2D eigenvalue weighted by atomic mass is 10.1. The van der Waals surface area contributed by atoms with E-state index in [4.69, 9.17) is 4.74 Å². The summed E-state index contributed by atoms with van der Waals surface area (Å²) in [6.07, 6.45) is 2.85. The fourth-order valence-electron chi connectivity index (χ4n) is 1.63. The van der Waals surface area contributed by atoms with Gasteiger partial charge in [0.05, 0.1) is 12.0 Å². The van der Waals surface area contributed by atoms with Gasteiger partial charge in [0.1, 0.15) is 11.4 Å². The molecule has 1 aromatic carbocycles. The Morgan fingerprint density at radius 1 is 1.11 bits per heavy atom. The predicted molar refractivity (Wildman–Crippen MR) is 69.3 cm³/mol. The summed E-state index contributed by atoms with van der Waals surface area (Å²) in [5, 5.41) is 0. The SMILES string of the molecule is COc1cccnc1-c1ccc(S(C)(=O)=O)cc1. The quantitative estimate of drug-likeness (QED) is 0.851. The Kier molecular flexibility index (Phi) is 3.34. The molecule has 2 rings (SSSR count). The summed E-state index contributed by atoms with van der Waals surface area (Å²) in [6, 6.07) is 10.2. The van der Waals surface area contributed by atoms with E-state index >= 15 is 0 Å². The smallest absolute Gasteiger partial charge is 0.175 e. The number of nitrogens with zero attached hydrogens (tertiary/aromatic N) is 1. The van der Waals surface area contributed by atoms with Gasteiger partial charge in [0.2, 0.25) is 0 Å². The molecule has 94 valence electrons. The zero-order chi connectivity index (χ0) is 13.2. The van der Waals surface area contributed by atoms with Gasteiger partial charge in [0, 0.05) is 18.0 Å². The van der Waals surface area contributed by atoms with Crippen LogP contribution in [0.3, 0.4) is 0 Å². The number of hydrogen-bond donors (Lipinski definition) is 0. The van der Waals surface area contributed by atoms with Gasteiger partial charge in [-0.15, -0.1) is 0 Å². The monoisotopic (exact) mass is 263 g/mol. The number of aromatic nitrogens is 1. The molecule has 0 saturated heterocycles. The molecule has 0 bridgehead atoms. The Balaban J connectivity index is 2.47. The molecule has 0 spiro atoms. The molecular weight excluding hydrogens is 250 g/mol. The average Bonchev–Trinajstić information content (AvgIpc) is 2.38. The standard InChI is InChI=1S/C13H13NO3S/c1-17-12-4-3-9-14-13(12)10-5-7-11(8-6-10)18(2,15)16/h3-9H,1-2H3. The first-order chi connectivity index (χ1) is 8.52.